The zero-order valence-corrected chi connectivity index (χ0v) is 8.29. The van der Waals surface area contributed by atoms with Crippen LogP contribution < -0.4 is 0 Å². The SMILES string of the molecule is N#CC(Cl)c1ccc([N+](=O)[O-])c(Cl)c1. The van der Waals surface area contributed by atoms with Crippen molar-refractivity contribution >= 4 is 28.9 Å². The lowest BCUT2D eigenvalue weighted by molar-refractivity contribution is -0.384. The molecule has 0 saturated carbocycles. The Balaban J connectivity index is 3.14. The number of halogens is 2. The van der Waals surface area contributed by atoms with Crippen molar-refractivity contribution < 1.29 is 4.92 Å². The van der Waals surface area contributed by atoms with E-state index in [-0.39, 0.29) is 10.7 Å². The van der Waals surface area contributed by atoms with Crippen molar-refractivity contribution in [1.29, 1.82) is 5.26 Å². The van der Waals surface area contributed by atoms with E-state index in [4.69, 9.17) is 28.5 Å². The maximum atomic E-state index is 10.4. The molecule has 0 fully saturated rings. The van der Waals surface area contributed by atoms with Gasteiger partial charge in [0.25, 0.3) is 5.69 Å². The lowest BCUT2D eigenvalue weighted by Crippen LogP contribution is -1.92. The molecule has 1 aromatic carbocycles. The molecule has 6 heteroatoms. The molecule has 0 aromatic heterocycles. The molecule has 0 aliphatic carbocycles. The van der Waals surface area contributed by atoms with E-state index in [2.05, 4.69) is 0 Å². The Bertz CT molecular complexity index is 414. The van der Waals surface area contributed by atoms with Crippen LogP contribution in [0.1, 0.15) is 10.9 Å². The largest absolute Gasteiger partial charge is 0.287 e. The minimum absolute atomic E-state index is 0.0200. The molecule has 0 N–H and O–H groups in total. The second-order valence-corrected chi connectivity index (χ2v) is 3.30. The van der Waals surface area contributed by atoms with E-state index in [1.165, 1.54) is 18.2 Å². The topological polar surface area (TPSA) is 66.9 Å². The Morgan fingerprint density at radius 3 is 2.64 bits per heavy atom. The molecule has 1 aromatic rings. The predicted octanol–water partition coefficient (Wildman–Crippen LogP) is 3.05. The van der Waals surface area contributed by atoms with Crippen LogP contribution in [0.25, 0.3) is 0 Å². The number of rotatable bonds is 2. The fraction of sp³-hybridized carbons (Fsp3) is 0.125. The van der Waals surface area contributed by atoms with Crippen LogP contribution in [0.3, 0.4) is 0 Å². The fourth-order valence-corrected chi connectivity index (χ4v) is 1.30. The van der Waals surface area contributed by atoms with Gasteiger partial charge in [0.05, 0.1) is 11.0 Å². The van der Waals surface area contributed by atoms with Gasteiger partial charge in [0.2, 0.25) is 0 Å². The van der Waals surface area contributed by atoms with Gasteiger partial charge in [-0.25, -0.2) is 0 Å². The van der Waals surface area contributed by atoms with Crippen LogP contribution in [0.5, 0.6) is 0 Å². The summed E-state index contributed by atoms with van der Waals surface area (Å²) >= 11 is 11.2. The number of nitriles is 1. The van der Waals surface area contributed by atoms with Crippen LogP contribution in [0.15, 0.2) is 18.2 Å². The Morgan fingerprint density at radius 1 is 1.57 bits per heavy atom. The van der Waals surface area contributed by atoms with Crippen molar-refractivity contribution in [3.63, 3.8) is 0 Å². The second-order valence-electron chi connectivity index (χ2n) is 2.46. The Kier molecular flexibility index (Phi) is 3.28. The van der Waals surface area contributed by atoms with Gasteiger partial charge in [-0.1, -0.05) is 11.6 Å². The van der Waals surface area contributed by atoms with Crippen molar-refractivity contribution in [2.45, 2.75) is 5.38 Å². The molecule has 14 heavy (non-hydrogen) atoms. The molecule has 1 atom stereocenters. The predicted molar refractivity (Wildman–Crippen MR) is 52.3 cm³/mol. The van der Waals surface area contributed by atoms with Crippen molar-refractivity contribution in [2.75, 3.05) is 0 Å². The van der Waals surface area contributed by atoms with Gasteiger partial charge in [-0.3, -0.25) is 10.1 Å². The van der Waals surface area contributed by atoms with E-state index < -0.39 is 10.3 Å². The summed E-state index contributed by atoms with van der Waals surface area (Å²) in [5.74, 6) is 0. The molecule has 1 rings (SSSR count). The molecule has 1 unspecified atom stereocenters. The van der Waals surface area contributed by atoms with Crippen molar-refractivity contribution in [3.8, 4) is 6.07 Å². The number of hydrogen-bond acceptors (Lipinski definition) is 3. The average molecular weight is 231 g/mol. The monoisotopic (exact) mass is 230 g/mol. The third-order valence-electron chi connectivity index (χ3n) is 1.57. The van der Waals surface area contributed by atoms with Crippen LogP contribution >= 0.6 is 23.2 Å². The zero-order valence-electron chi connectivity index (χ0n) is 6.78. The minimum Gasteiger partial charge on any atom is -0.258 e. The van der Waals surface area contributed by atoms with Crippen LogP contribution in [-0.4, -0.2) is 4.92 Å². The van der Waals surface area contributed by atoms with Crippen LogP contribution in [0.4, 0.5) is 5.69 Å². The molecule has 0 radical (unpaired) electrons. The third kappa shape index (κ3) is 2.13. The van der Waals surface area contributed by atoms with Gasteiger partial charge in [-0.05, 0) is 17.7 Å². The quantitative estimate of drug-likeness (QED) is 0.446. The lowest BCUT2D eigenvalue weighted by atomic mass is 10.1. The van der Waals surface area contributed by atoms with Crippen LogP contribution in [-0.2, 0) is 0 Å². The van der Waals surface area contributed by atoms with Crippen molar-refractivity contribution in [2.24, 2.45) is 0 Å². The molecule has 4 nitrogen and oxygen atoms in total. The standard InChI is InChI=1S/C8H4Cl2N2O2/c9-6-3-5(7(10)4-11)1-2-8(6)12(13)14/h1-3,7H. The van der Waals surface area contributed by atoms with E-state index in [0.717, 1.165) is 0 Å². The van der Waals surface area contributed by atoms with Crippen LogP contribution in [0.2, 0.25) is 5.02 Å². The van der Waals surface area contributed by atoms with Gasteiger partial charge in [-0.2, -0.15) is 5.26 Å². The Morgan fingerprint density at radius 2 is 2.21 bits per heavy atom. The summed E-state index contributed by atoms with van der Waals surface area (Å²) in [5.41, 5.74) is 0.252. The van der Waals surface area contributed by atoms with E-state index >= 15 is 0 Å². The summed E-state index contributed by atoms with van der Waals surface area (Å²) in [4.78, 5) is 9.80. The molecule has 0 heterocycles. The molecule has 0 bridgehead atoms. The summed E-state index contributed by atoms with van der Waals surface area (Å²) in [6, 6.07) is 5.75. The van der Waals surface area contributed by atoms with E-state index in [9.17, 15) is 10.1 Å². The van der Waals surface area contributed by atoms with Crippen molar-refractivity contribution in [3.05, 3.63) is 38.9 Å². The molecule has 0 saturated heterocycles. The smallest absolute Gasteiger partial charge is 0.258 e. The first-order chi connectivity index (χ1) is 6.56. The van der Waals surface area contributed by atoms with E-state index in [1.54, 1.807) is 6.07 Å². The van der Waals surface area contributed by atoms with Gasteiger partial charge >= 0.3 is 0 Å². The normalized spacial score (nSPS) is 11.8. The highest BCUT2D eigenvalue weighted by molar-refractivity contribution is 6.32. The highest BCUT2D eigenvalue weighted by atomic mass is 35.5. The first kappa shape index (κ1) is 10.8. The number of nitro benzene ring substituents is 1. The lowest BCUT2D eigenvalue weighted by Gasteiger charge is -2.01. The summed E-state index contributed by atoms with van der Waals surface area (Å²) in [6.45, 7) is 0. The number of benzene rings is 1. The molecule has 72 valence electrons. The maximum absolute atomic E-state index is 10.4. The molecular formula is C8H4Cl2N2O2. The number of hydrogen-bond donors (Lipinski definition) is 0. The van der Waals surface area contributed by atoms with Gasteiger partial charge in [0.1, 0.15) is 10.4 Å². The first-order valence-electron chi connectivity index (χ1n) is 3.53. The van der Waals surface area contributed by atoms with Gasteiger partial charge in [-0.15, -0.1) is 11.6 Å². The molecular weight excluding hydrogens is 227 g/mol. The third-order valence-corrected chi connectivity index (χ3v) is 2.23. The van der Waals surface area contributed by atoms with Crippen LogP contribution in [0, 0.1) is 21.4 Å². The molecule has 0 amide bonds. The second kappa shape index (κ2) is 4.27. The summed E-state index contributed by atoms with van der Waals surface area (Å²) < 4.78 is 0. The number of alkyl halides is 1. The fourth-order valence-electron chi connectivity index (χ4n) is 0.903. The van der Waals surface area contributed by atoms with Gasteiger partial charge < -0.3 is 0 Å². The zero-order chi connectivity index (χ0) is 10.7. The first-order valence-corrected chi connectivity index (χ1v) is 4.35. The molecule has 0 aliphatic heterocycles. The van der Waals surface area contributed by atoms with Gasteiger partial charge in [0.15, 0.2) is 0 Å². The molecule has 0 spiro atoms. The highest BCUT2D eigenvalue weighted by Gasteiger charge is 2.15. The highest BCUT2D eigenvalue weighted by Crippen LogP contribution is 2.29. The Hall–Kier alpha value is -1.31. The summed E-state index contributed by atoms with van der Waals surface area (Å²) in [6.07, 6.45) is 0. The Labute approximate surface area is 89.8 Å². The number of nitrogens with zero attached hydrogens (tertiary/aromatic N) is 2. The number of nitro groups is 1. The summed E-state index contributed by atoms with van der Waals surface area (Å²) in [7, 11) is 0. The summed E-state index contributed by atoms with van der Waals surface area (Å²) in [5, 5.41) is 18.0. The molecule has 0 aliphatic rings. The van der Waals surface area contributed by atoms with E-state index in [0.29, 0.717) is 5.56 Å². The minimum atomic E-state index is -0.840. The van der Waals surface area contributed by atoms with E-state index in [1.807, 2.05) is 0 Å². The average Bonchev–Trinajstić information content (AvgIpc) is 2.15. The van der Waals surface area contributed by atoms with Gasteiger partial charge in [0, 0.05) is 6.07 Å². The maximum Gasteiger partial charge on any atom is 0.287 e. The van der Waals surface area contributed by atoms with Crippen molar-refractivity contribution in [1.82, 2.24) is 0 Å².